The summed E-state index contributed by atoms with van der Waals surface area (Å²) in [4.78, 5) is 15.0. The van der Waals surface area contributed by atoms with Gasteiger partial charge in [-0.15, -0.1) is 0 Å². The molecule has 3 rings (SSSR count). The highest BCUT2D eigenvalue weighted by Gasteiger charge is 2.27. The molecule has 0 aromatic carbocycles. The normalized spacial score (nSPS) is 17.6. The Balaban J connectivity index is 1.42. The van der Waals surface area contributed by atoms with E-state index >= 15 is 0 Å². The molecular formula is C20H27ClN6O3S3. The third-order valence-corrected chi connectivity index (χ3v) is 7.38. The van der Waals surface area contributed by atoms with Gasteiger partial charge in [0.15, 0.2) is 11.7 Å². The number of nitrogens with one attached hydrogen (secondary N) is 2. The van der Waals surface area contributed by atoms with Crippen LogP contribution in [-0.4, -0.2) is 68.7 Å². The molecule has 0 bridgehead atoms. The molecular weight excluding hydrogens is 504 g/mol. The minimum Gasteiger partial charge on any atom is -0.464 e. The molecule has 0 atom stereocenters. The Morgan fingerprint density at radius 2 is 1.67 bits per heavy atom. The van der Waals surface area contributed by atoms with Gasteiger partial charge in [-0.05, 0) is 38.4 Å². The Morgan fingerprint density at radius 3 is 2.30 bits per heavy atom. The first-order chi connectivity index (χ1) is 15.8. The summed E-state index contributed by atoms with van der Waals surface area (Å²) in [5, 5.41) is 0.636. The van der Waals surface area contributed by atoms with Gasteiger partial charge in [0, 0.05) is 23.5 Å². The Kier molecular flexibility index (Phi) is 9.93. The zero-order valence-corrected chi connectivity index (χ0v) is 21.7. The molecule has 0 saturated carbocycles. The van der Waals surface area contributed by atoms with Crippen molar-refractivity contribution in [2.24, 2.45) is 9.98 Å². The summed E-state index contributed by atoms with van der Waals surface area (Å²) in [6.45, 7) is 1.67. The molecule has 33 heavy (non-hydrogen) atoms. The zero-order valence-electron chi connectivity index (χ0n) is 18.5. The van der Waals surface area contributed by atoms with E-state index in [1.54, 1.807) is 35.8 Å². The van der Waals surface area contributed by atoms with Gasteiger partial charge in [0.1, 0.15) is 11.5 Å². The van der Waals surface area contributed by atoms with Gasteiger partial charge >= 0.3 is 10.2 Å². The van der Waals surface area contributed by atoms with Gasteiger partial charge in [-0.1, -0.05) is 11.6 Å². The maximum absolute atomic E-state index is 11.9. The quantitative estimate of drug-likeness (QED) is 0.406. The van der Waals surface area contributed by atoms with Crippen LogP contribution in [0.2, 0.25) is 5.02 Å². The van der Waals surface area contributed by atoms with Crippen LogP contribution in [0.5, 0.6) is 0 Å². The molecule has 2 aromatic heterocycles. The van der Waals surface area contributed by atoms with Crippen LogP contribution in [0.1, 0.15) is 17.2 Å². The number of halogens is 1. The molecule has 9 nitrogen and oxygen atoms in total. The minimum absolute atomic E-state index is 0.246. The molecule has 13 heteroatoms. The van der Waals surface area contributed by atoms with Crippen LogP contribution in [0.25, 0.3) is 0 Å². The minimum atomic E-state index is -3.65. The molecule has 2 N–H and O–H groups in total. The lowest BCUT2D eigenvalue weighted by Gasteiger charge is -2.05. The summed E-state index contributed by atoms with van der Waals surface area (Å²) in [6.07, 6.45) is 1.71. The third kappa shape index (κ3) is 8.85. The van der Waals surface area contributed by atoms with E-state index < -0.39 is 10.2 Å². The molecule has 0 unspecified atom stereocenters. The van der Waals surface area contributed by atoms with Crippen LogP contribution in [0.4, 0.5) is 0 Å². The van der Waals surface area contributed by atoms with Crippen molar-refractivity contribution in [3.05, 3.63) is 52.7 Å². The predicted molar refractivity (Wildman–Crippen MR) is 137 cm³/mol. The van der Waals surface area contributed by atoms with Crippen LogP contribution in [0.3, 0.4) is 0 Å². The summed E-state index contributed by atoms with van der Waals surface area (Å²) in [5.41, 5.74) is 0.822. The van der Waals surface area contributed by atoms with Gasteiger partial charge < -0.3 is 9.32 Å². The summed E-state index contributed by atoms with van der Waals surface area (Å²) in [7, 11) is 0.343. The summed E-state index contributed by atoms with van der Waals surface area (Å²) < 4.78 is 34.3. The van der Waals surface area contributed by atoms with Crippen molar-refractivity contribution >= 4 is 57.0 Å². The third-order valence-electron chi connectivity index (χ3n) is 4.20. The Hall–Kier alpha value is -1.73. The first-order valence-electron chi connectivity index (χ1n) is 10.2. The second-order valence-electron chi connectivity index (χ2n) is 7.31. The van der Waals surface area contributed by atoms with Crippen LogP contribution in [0.15, 0.2) is 44.9 Å². The van der Waals surface area contributed by atoms with Gasteiger partial charge in [0.2, 0.25) is 0 Å². The van der Waals surface area contributed by atoms with E-state index in [9.17, 15) is 8.42 Å². The molecule has 3 heterocycles. The Bertz CT molecular complexity index is 1090. The van der Waals surface area contributed by atoms with E-state index in [2.05, 4.69) is 29.3 Å². The lowest BCUT2D eigenvalue weighted by molar-refractivity contribution is 0.344. The lowest BCUT2D eigenvalue weighted by Crippen LogP contribution is -2.24. The van der Waals surface area contributed by atoms with E-state index in [0.717, 1.165) is 35.3 Å². The van der Waals surface area contributed by atoms with Crippen molar-refractivity contribution in [1.82, 2.24) is 19.3 Å². The van der Waals surface area contributed by atoms with Gasteiger partial charge in [0.25, 0.3) is 0 Å². The van der Waals surface area contributed by atoms with Gasteiger partial charge in [-0.2, -0.15) is 31.9 Å². The van der Waals surface area contributed by atoms with Crippen LogP contribution in [0, 0.1) is 0 Å². The molecule has 0 spiro atoms. The number of aromatic nitrogens is 1. The topological polar surface area (TPSA) is 112 Å². The Morgan fingerprint density at radius 1 is 1.03 bits per heavy atom. The number of thioether (sulfide) groups is 2. The van der Waals surface area contributed by atoms with E-state index in [1.165, 1.54) is 0 Å². The van der Waals surface area contributed by atoms with E-state index in [4.69, 9.17) is 16.0 Å². The molecule has 0 aliphatic carbocycles. The second-order valence-corrected chi connectivity index (χ2v) is 11.3. The first-order valence-corrected chi connectivity index (χ1v) is 14.4. The van der Waals surface area contributed by atoms with E-state index in [1.807, 2.05) is 32.3 Å². The fourth-order valence-electron chi connectivity index (χ4n) is 2.80. The standard InChI is InChI=1S/C20H27ClN6O3S3/c1-27(2)12-15-5-6-16(30-15)13-31-10-8-23-19-20(26-33(28,29)25-19)24-9-11-32-14-18-17(21)4-3-7-22-18/h3-7H,8-14H2,1-2H3,(H,23,25)(H,24,26). The average Bonchev–Trinajstić information content (AvgIpc) is 3.31. The number of hydrogen-bond acceptors (Lipinski definition) is 9. The lowest BCUT2D eigenvalue weighted by atomic mass is 10.4. The highest BCUT2D eigenvalue weighted by atomic mass is 35.5. The van der Waals surface area contributed by atoms with Crippen molar-refractivity contribution in [3.8, 4) is 0 Å². The number of rotatable bonds is 12. The number of aliphatic imine (C=N–C) groups is 2. The molecule has 1 saturated heterocycles. The fraction of sp³-hybridized carbons (Fsp3) is 0.450. The number of furan rings is 1. The molecule has 2 aromatic rings. The largest absolute Gasteiger partial charge is 0.464 e. The summed E-state index contributed by atoms with van der Waals surface area (Å²) in [6, 6.07) is 7.57. The van der Waals surface area contributed by atoms with Crippen molar-refractivity contribution < 1.29 is 12.8 Å². The monoisotopic (exact) mass is 530 g/mol. The summed E-state index contributed by atoms with van der Waals surface area (Å²) >= 11 is 9.40. The molecule has 1 aliphatic rings. The molecule has 180 valence electrons. The van der Waals surface area contributed by atoms with Crippen LogP contribution < -0.4 is 9.44 Å². The van der Waals surface area contributed by atoms with Gasteiger partial charge in [0.05, 0.1) is 36.1 Å². The number of amidine groups is 2. The van der Waals surface area contributed by atoms with E-state index in [0.29, 0.717) is 29.6 Å². The maximum Gasteiger partial charge on any atom is 0.324 e. The first kappa shape index (κ1) is 25.9. The molecule has 1 fully saturated rings. The number of nitrogens with zero attached hydrogens (tertiary/aromatic N) is 4. The van der Waals surface area contributed by atoms with Crippen LogP contribution >= 0.6 is 35.1 Å². The Labute approximate surface area is 208 Å². The van der Waals surface area contributed by atoms with Crippen molar-refractivity contribution in [3.63, 3.8) is 0 Å². The highest BCUT2D eigenvalue weighted by Crippen LogP contribution is 2.18. The average molecular weight is 531 g/mol. The second kappa shape index (κ2) is 12.7. The number of pyridine rings is 1. The molecule has 1 aliphatic heterocycles. The van der Waals surface area contributed by atoms with Crippen molar-refractivity contribution in [2.75, 3.05) is 38.7 Å². The predicted octanol–water partition coefficient (Wildman–Crippen LogP) is 2.79. The van der Waals surface area contributed by atoms with Crippen molar-refractivity contribution in [2.45, 2.75) is 18.1 Å². The zero-order chi connectivity index (χ0) is 23.7. The molecule has 0 radical (unpaired) electrons. The van der Waals surface area contributed by atoms with Crippen molar-refractivity contribution in [1.29, 1.82) is 0 Å². The van der Waals surface area contributed by atoms with Crippen LogP contribution in [-0.2, 0) is 28.3 Å². The SMILES string of the molecule is CN(C)Cc1ccc(CSCCN=C2NS(=O)(=O)NC2=NCCSCc2ncccc2Cl)o1. The van der Waals surface area contributed by atoms with E-state index in [-0.39, 0.29) is 11.7 Å². The number of hydrogen-bond donors (Lipinski definition) is 2. The molecule has 0 amide bonds. The smallest absolute Gasteiger partial charge is 0.324 e. The van der Waals surface area contributed by atoms with Gasteiger partial charge in [-0.25, -0.2) is 9.44 Å². The maximum atomic E-state index is 11.9. The van der Waals surface area contributed by atoms with Gasteiger partial charge in [-0.3, -0.25) is 15.0 Å². The summed E-state index contributed by atoms with van der Waals surface area (Å²) in [5.74, 6) is 5.17. The fourth-order valence-corrected chi connectivity index (χ4v) is 5.46. The highest BCUT2D eigenvalue weighted by molar-refractivity contribution is 7.98.